The Balaban J connectivity index is 1.91. The molecule has 2 aromatic carbocycles. The molecule has 0 spiro atoms. The van der Waals surface area contributed by atoms with Crippen LogP contribution in [0.4, 0.5) is 0 Å². The zero-order chi connectivity index (χ0) is 20.6. The van der Waals surface area contributed by atoms with E-state index in [1.54, 1.807) is 36.5 Å². The number of pyridine rings is 1. The highest BCUT2D eigenvalue weighted by Crippen LogP contribution is 2.27. The lowest BCUT2D eigenvalue weighted by atomic mass is 9.98. The molecule has 0 saturated heterocycles. The van der Waals surface area contributed by atoms with E-state index in [9.17, 15) is 14.4 Å². The van der Waals surface area contributed by atoms with Crippen LogP contribution in [0.5, 0.6) is 11.6 Å². The number of nitrogens with zero attached hydrogens (tertiary/aromatic N) is 1. The summed E-state index contributed by atoms with van der Waals surface area (Å²) in [6, 6.07) is 20.1. The van der Waals surface area contributed by atoms with Crippen LogP contribution in [0.3, 0.4) is 0 Å². The molecule has 0 bridgehead atoms. The number of hydrogen-bond donors (Lipinski definition) is 0. The van der Waals surface area contributed by atoms with Gasteiger partial charge in [-0.05, 0) is 35.7 Å². The van der Waals surface area contributed by atoms with Crippen LogP contribution in [0.25, 0.3) is 0 Å². The van der Waals surface area contributed by atoms with Gasteiger partial charge in [0, 0.05) is 12.3 Å². The molecule has 1 heterocycles. The van der Waals surface area contributed by atoms with Crippen molar-refractivity contribution in [3.05, 3.63) is 89.6 Å². The second kappa shape index (κ2) is 9.41. The predicted octanol–water partition coefficient (Wildman–Crippen LogP) is 3.78. The van der Waals surface area contributed by atoms with Gasteiger partial charge in [0.25, 0.3) is 0 Å². The number of esters is 1. The number of Topliss-reactive ketones (excluding diaryl/α,β-unsaturated/α-hetero) is 2. The Kier molecular flexibility index (Phi) is 6.47. The number of carbonyl (C=O) groups is 3. The maximum atomic E-state index is 12.8. The number of methoxy groups -OCH3 is 1. The number of aromatic nitrogens is 1. The molecular weight excluding hydrogens is 370 g/mol. The summed E-state index contributed by atoms with van der Waals surface area (Å²) in [6.45, 7) is 0. The van der Waals surface area contributed by atoms with E-state index < -0.39 is 24.0 Å². The first-order chi connectivity index (χ1) is 14.1. The third-order valence-electron chi connectivity index (χ3n) is 4.18. The first-order valence-corrected chi connectivity index (χ1v) is 8.97. The van der Waals surface area contributed by atoms with E-state index in [4.69, 9.17) is 4.74 Å². The van der Waals surface area contributed by atoms with Crippen LogP contribution in [0, 0.1) is 0 Å². The quantitative estimate of drug-likeness (QED) is 0.252. The second-order valence-electron chi connectivity index (χ2n) is 6.28. The number of carbonyl (C=O) groups excluding carboxylic acids is 3. The molecule has 0 fully saturated rings. The van der Waals surface area contributed by atoms with Crippen LogP contribution in [0.2, 0.25) is 0 Å². The minimum atomic E-state index is -1.05. The summed E-state index contributed by atoms with van der Waals surface area (Å²) in [4.78, 5) is 40.1. The van der Waals surface area contributed by atoms with Gasteiger partial charge in [0.15, 0.2) is 5.78 Å². The molecule has 3 aromatic rings. The molecule has 29 heavy (non-hydrogen) atoms. The summed E-state index contributed by atoms with van der Waals surface area (Å²) in [5.74, 6) is -1.90. The van der Waals surface area contributed by atoms with Crippen LogP contribution >= 0.6 is 0 Å². The third kappa shape index (κ3) is 5.35. The summed E-state index contributed by atoms with van der Waals surface area (Å²) in [5, 5.41) is 0. The second-order valence-corrected chi connectivity index (χ2v) is 6.28. The van der Waals surface area contributed by atoms with Crippen molar-refractivity contribution in [2.24, 2.45) is 0 Å². The van der Waals surface area contributed by atoms with Gasteiger partial charge in [-0.2, -0.15) is 0 Å². The lowest BCUT2D eigenvalue weighted by Crippen LogP contribution is -2.19. The highest BCUT2D eigenvalue weighted by Gasteiger charge is 2.22. The number of hydrogen-bond acceptors (Lipinski definition) is 6. The van der Waals surface area contributed by atoms with Crippen molar-refractivity contribution in [2.45, 2.75) is 12.8 Å². The molecule has 0 aliphatic rings. The molecule has 146 valence electrons. The first kappa shape index (κ1) is 19.9. The van der Waals surface area contributed by atoms with Gasteiger partial charge in [-0.3, -0.25) is 9.59 Å². The Morgan fingerprint density at radius 1 is 0.897 bits per heavy atom. The predicted molar refractivity (Wildman–Crippen MR) is 106 cm³/mol. The van der Waals surface area contributed by atoms with Crippen LogP contribution < -0.4 is 4.74 Å². The van der Waals surface area contributed by atoms with Crippen molar-refractivity contribution >= 4 is 17.5 Å². The first-order valence-electron chi connectivity index (χ1n) is 8.97. The molecule has 0 N–H and O–H groups in total. The fourth-order valence-corrected chi connectivity index (χ4v) is 2.77. The molecule has 0 aliphatic heterocycles. The largest absolute Gasteiger partial charge is 0.463 e. The lowest BCUT2D eigenvalue weighted by molar-refractivity contribution is -0.151. The van der Waals surface area contributed by atoms with E-state index in [2.05, 4.69) is 9.72 Å². The van der Waals surface area contributed by atoms with Gasteiger partial charge in [-0.1, -0.05) is 42.5 Å². The monoisotopic (exact) mass is 389 g/mol. The summed E-state index contributed by atoms with van der Waals surface area (Å²) >= 11 is 0. The maximum absolute atomic E-state index is 12.8. The number of ether oxygens (including phenoxy) is 2. The lowest BCUT2D eigenvalue weighted by Gasteiger charge is -2.12. The van der Waals surface area contributed by atoms with Crippen LogP contribution in [-0.4, -0.2) is 29.6 Å². The topological polar surface area (TPSA) is 82.6 Å². The summed E-state index contributed by atoms with van der Waals surface area (Å²) < 4.78 is 10.1. The van der Waals surface area contributed by atoms with Gasteiger partial charge >= 0.3 is 5.97 Å². The van der Waals surface area contributed by atoms with E-state index in [1.165, 1.54) is 0 Å². The fraction of sp³-hybridized carbons (Fsp3) is 0.130. The number of rotatable bonds is 8. The van der Waals surface area contributed by atoms with Gasteiger partial charge in [0.05, 0.1) is 19.1 Å². The van der Waals surface area contributed by atoms with Crippen LogP contribution in [0.1, 0.15) is 27.9 Å². The van der Waals surface area contributed by atoms with Gasteiger partial charge < -0.3 is 9.47 Å². The van der Waals surface area contributed by atoms with Crippen molar-refractivity contribution in [3.8, 4) is 11.6 Å². The number of ketones is 2. The molecule has 1 aromatic heterocycles. The van der Waals surface area contributed by atoms with Gasteiger partial charge in [0.2, 0.25) is 11.7 Å². The zero-order valence-electron chi connectivity index (χ0n) is 15.8. The normalized spacial score (nSPS) is 10.2. The van der Waals surface area contributed by atoms with Crippen LogP contribution in [0.15, 0.2) is 72.9 Å². The SMILES string of the molecule is COC(=O)C(=O)CC(=O)c1cc(Cc2ccccc2)ccc1Oc1ccccn1. The summed E-state index contributed by atoms with van der Waals surface area (Å²) in [7, 11) is 1.10. The summed E-state index contributed by atoms with van der Waals surface area (Å²) in [5.41, 5.74) is 2.16. The molecule has 0 aliphatic carbocycles. The standard InChI is InChI=1S/C23H19NO5/c1-28-23(27)20(26)15-19(25)18-14-17(13-16-7-3-2-4-8-16)10-11-21(18)29-22-9-5-6-12-24-22/h2-12,14H,13,15H2,1H3. The van der Waals surface area contributed by atoms with E-state index >= 15 is 0 Å². The molecular formula is C23H19NO5. The van der Waals surface area contributed by atoms with E-state index in [1.807, 2.05) is 36.4 Å². The molecule has 0 radical (unpaired) electrons. The molecule has 6 heteroatoms. The smallest absolute Gasteiger partial charge is 0.374 e. The molecule has 0 unspecified atom stereocenters. The Labute approximate surface area is 168 Å². The van der Waals surface area contributed by atoms with Crippen molar-refractivity contribution in [2.75, 3.05) is 7.11 Å². The minimum absolute atomic E-state index is 0.210. The average Bonchev–Trinajstić information content (AvgIpc) is 2.75. The van der Waals surface area contributed by atoms with Gasteiger partial charge in [-0.15, -0.1) is 0 Å². The highest BCUT2D eigenvalue weighted by atomic mass is 16.5. The van der Waals surface area contributed by atoms with Crippen molar-refractivity contribution in [1.82, 2.24) is 4.98 Å². The van der Waals surface area contributed by atoms with E-state index in [0.29, 0.717) is 12.3 Å². The molecule has 0 saturated carbocycles. The Bertz CT molecular complexity index is 1020. The van der Waals surface area contributed by atoms with E-state index in [0.717, 1.165) is 18.2 Å². The number of benzene rings is 2. The van der Waals surface area contributed by atoms with Gasteiger partial charge in [0.1, 0.15) is 5.75 Å². The molecule has 0 amide bonds. The minimum Gasteiger partial charge on any atom is -0.463 e. The van der Waals surface area contributed by atoms with Crippen molar-refractivity contribution < 1.29 is 23.9 Å². The van der Waals surface area contributed by atoms with Crippen molar-refractivity contribution in [3.63, 3.8) is 0 Å². The van der Waals surface area contributed by atoms with Gasteiger partial charge in [-0.25, -0.2) is 9.78 Å². The maximum Gasteiger partial charge on any atom is 0.374 e. The third-order valence-corrected chi connectivity index (χ3v) is 4.18. The highest BCUT2D eigenvalue weighted by molar-refractivity contribution is 6.38. The Hall–Kier alpha value is -3.80. The average molecular weight is 389 g/mol. The zero-order valence-corrected chi connectivity index (χ0v) is 15.8. The molecule has 0 atom stereocenters. The van der Waals surface area contributed by atoms with E-state index in [-0.39, 0.29) is 11.3 Å². The fourth-order valence-electron chi connectivity index (χ4n) is 2.77. The Morgan fingerprint density at radius 3 is 2.34 bits per heavy atom. The molecule has 6 nitrogen and oxygen atoms in total. The van der Waals surface area contributed by atoms with Crippen molar-refractivity contribution in [1.29, 1.82) is 0 Å². The Morgan fingerprint density at radius 2 is 1.66 bits per heavy atom. The van der Waals surface area contributed by atoms with Crippen LogP contribution in [-0.2, 0) is 20.7 Å². The summed E-state index contributed by atoms with van der Waals surface area (Å²) in [6.07, 6.45) is 1.58. The molecule has 3 rings (SSSR count).